The maximum atomic E-state index is 13.2. The highest BCUT2D eigenvalue weighted by Crippen LogP contribution is 2.17. The van der Waals surface area contributed by atoms with E-state index in [-0.39, 0.29) is 17.5 Å². The first kappa shape index (κ1) is 24.9. The highest BCUT2D eigenvalue weighted by Gasteiger charge is 2.27. The van der Waals surface area contributed by atoms with Crippen LogP contribution in [0.4, 0.5) is 0 Å². The zero-order valence-electron chi connectivity index (χ0n) is 20.8. The molecule has 2 N–H and O–H groups in total. The summed E-state index contributed by atoms with van der Waals surface area (Å²) in [5.41, 5.74) is 2.79. The molecule has 1 saturated heterocycles. The molecule has 2 aliphatic heterocycles. The predicted octanol–water partition coefficient (Wildman–Crippen LogP) is 1.96. The maximum absolute atomic E-state index is 13.2. The van der Waals surface area contributed by atoms with Crippen LogP contribution >= 0.6 is 0 Å². The molecule has 1 atom stereocenters. The molecule has 0 bridgehead atoms. The fraction of sp³-hybridized carbons (Fsp3) is 0.538. The Hall–Kier alpha value is -3.20. The second kappa shape index (κ2) is 11.5. The Labute approximate surface area is 206 Å². The third-order valence-electron chi connectivity index (χ3n) is 6.73. The van der Waals surface area contributed by atoms with Crippen molar-refractivity contribution in [2.75, 3.05) is 32.7 Å². The first-order valence-electron chi connectivity index (χ1n) is 12.6. The Bertz CT molecular complexity index is 1040. The van der Waals surface area contributed by atoms with E-state index in [1.54, 1.807) is 16.5 Å². The molecule has 35 heavy (non-hydrogen) atoms. The lowest BCUT2D eigenvalue weighted by molar-refractivity contribution is -0.122. The van der Waals surface area contributed by atoms with Crippen LogP contribution in [0.2, 0.25) is 0 Å². The van der Waals surface area contributed by atoms with E-state index >= 15 is 0 Å². The minimum atomic E-state index is -0.695. The lowest BCUT2D eigenvalue weighted by Gasteiger charge is -2.26. The van der Waals surface area contributed by atoms with Crippen LogP contribution in [0.1, 0.15) is 64.7 Å². The van der Waals surface area contributed by atoms with Crippen LogP contribution < -0.4 is 10.6 Å². The van der Waals surface area contributed by atoms with Crippen molar-refractivity contribution in [1.82, 2.24) is 30.2 Å². The molecule has 188 valence electrons. The molecule has 3 amide bonds. The summed E-state index contributed by atoms with van der Waals surface area (Å²) >= 11 is 0. The minimum Gasteiger partial charge on any atom is -0.353 e. The maximum Gasteiger partial charge on any atom is 0.272 e. The van der Waals surface area contributed by atoms with Crippen LogP contribution in [0.25, 0.3) is 0 Å². The molecule has 0 aliphatic carbocycles. The van der Waals surface area contributed by atoms with E-state index in [0.29, 0.717) is 31.9 Å². The second-order valence-electron chi connectivity index (χ2n) is 9.59. The average molecular weight is 481 g/mol. The minimum absolute atomic E-state index is 0.141. The van der Waals surface area contributed by atoms with Gasteiger partial charge in [-0.25, -0.2) is 0 Å². The summed E-state index contributed by atoms with van der Waals surface area (Å²) < 4.78 is 1.61. The molecule has 2 aliphatic rings. The Balaban J connectivity index is 1.32. The molecule has 0 unspecified atom stereocenters. The number of rotatable bonds is 8. The fourth-order valence-corrected chi connectivity index (χ4v) is 4.62. The number of nitrogens with one attached hydrogen (secondary N) is 2. The highest BCUT2D eigenvalue weighted by atomic mass is 16.2. The molecule has 9 heteroatoms. The smallest absolute Gasteiger partial charge is 0.272 e. The summed E-state index contributed by atoms with van der Waals surface area (Å²) in [7, 11) is 0. The Kier molecular flexibility index (Phi) is 8.17. The molecule has 1 fully saturated rings. The summed E-state index contributed by atoms with van der Waals surface area (Å²) in [4.78, 5) is 42.6. The lowest BCUT2D eigenvalue weighted by Crippen LogP contribution is -2.47. The number of hydrogen-bond donors (Lipinski definition) is 2. The van der Waals surface area contributed by atoms with Gasteiger partial charge in [0.05, 0.1) is 0 Å². The molecular weight excluding hydrogens is 444 g/mol. The molecule has 4 rings (SSSR count). The lowest BCUT2D eigenvalue weighted by atomic mass is 10.1. The van der Waals surface area contributed by atoms with Gasteiger partial charge in [0.25, 0.3) is 11.8 Å². The summed E-state index contributed by atoms with van der Waals surface area (Å²) in [6.45, 7) is 8.93. The van der Waals surface area contributed by atoms with Crippen molar-refractivity contribution in [2.45, 2.75) is 58.7 Å². The number of benzene rings is 1. The van der Waals surface area contributed by atoms with Crippen molar-refractivity contribution in [2.24, 2.45) is 0 Å². The van der Waals surface area contributed by atoms with Crippen LogP contribution in [0.5, 0.6) is 0 Å². The first-order chi connectivity index (χ1) is 16.9. The van der Waals surface area contributed by atoms with E-state index in [2.05, 4.69) is 20.6 Å². The van der Waals surface area contributed by atoms with Gasteiger partial charge in [-0.1, -0.05) is 36.2 Å². The van der Waals surface area contributed by atoms with Gasteiger partial charge in [0, 0.05) is 38.8 Å². The van der Waals surface area contributed by atoms with E-state index in [1.165, 1.54) is 30.9 Å². The summed E-state index contributed by atoms with van der Waals surface area (Å²) in [6, 6.07) is 8.97. The SMILES string of the molecule is Cc1ccc(CN2CCCn3nc(C(=O)N[C@@H](C)C(=O)NCCN4CCCCC4)cc3C2=O)cc1. The molecule has 0 radical (unpaired) electrons. The number of aromatic nitrogens is 2. The van der Waals surface area contributed by atoms with Gasteiger partial charge < -0.3 is 20.4 Å². The zero-order chi connectivity index (χ0) is 24.8. The van der Waals surface area contributed by atoms with Gasteiger partial charge in [0.15, 0.2) is 5.69 Å². The van der Waals surface area contributed by atoms with Crippen molar-refractivity contribution >= 4 is 17.7 Å². The number of hydrogen-bond acceptors (Lipinski definition) is 5. The third-order valence-corrected chi connectivity index (χ3v) is 6.73. The van der Waals surface area contributed by atoms with Gasteiger partial charge >= 0.3 is 0 Å². The third kappa shape index (κ3) is 6.48. The van der Waals surface area contributed by atoms with Gasteiger partial charge in [-0.2, -0.15) is 5.10 Å². The van der Waals surface area contributed by atoms with Crippen LogP contribution in [-0.2, 0) is 17.9 Å². The van der Waals surface area contributed by atoms with Crippen molar-refractivity contribution in [3.8, 4) is 0 Å². The zero-order valence-corrected chi connectivity index (χ0v) is 20.8. The second-order valence-corrected chi connectivity index (χ2v) is 9.59. The molecule has 3 heterocycles. The standard InChI is InChI=1S/C26H36N6O3/c1-19-7-9-21(10-8-19)18-31-14-6-15-32-23(26(31)35)17-22(29-32)25(34)28-20(2)24(33)27-11-16-30-12-4-3-5-13-30/h7-10,17,20H,3-6,11-16,18H2,1-2H3,(H,27,33)(H,28,34)/t20-/m0/s1. The Morgan fingerprint density at radius 3 is 2.51 bits per heavy atom. The van der Waals surface area contributed by atoms with Crippen LogP contribution in [0.3, 0.4) is 0 Å². The van der Waals surface area contributed by atoms with Crippen LogP contribution in [0, 0.1) is 6.92 Å². The van der Waals surface area contributed by atoms with E-state index in [1.807, 2.05) is 31.2 Å². The van der Waals surface area contributed by atoms with Crippen molar-refractivity contribution in [3.63, 3.8) is 0 Å². The summed E-state index contributed by atoms with van der Waals surface area (Å²) in [5, 5.41) is 9.99. The normalized spacial score (nSPS) is 17.4. The van der Waals surface area contributed by atoms with E-state index in [9.17, 15) is 14.4 Å². The topological polar surface area (TPSA) is 99.6 Å². The van der Waals surface area contributed by atoms with Gasteiger partial charge in [-0.15, -0.1) is 0 Å². The molecule has 1 aromatic carbocycles. The van der Waals surface area contributed by atoms with Gasteiger partial charge in [0.2, 0.25) is 5.91 Å². The van der Waals surface area contributed by atoms with E-state index in [0.717, 1.165) is 31.6 Å². The molecule has 9 nitrogen and oxygen atoms in total. The number of piperidine rings is 1. The number of nitrogens with zero attached hydrogens (tertiary/aromatic N) is 4. The largest absolute Gasteiger partial charge is 0.353 e. The summed E-state index contributed by atoms with van der Waals surface area (Å²) in [6.07, 6.45) is 4.45. The molecular formula is C26H36N6O3. The quantitative estimate of drug-likeness (QED) is 0.602. The van der Waals surface area contributed by atoms with Gasteiger partial charge in [-0.3, -0.25) is 19.1 Å². The number of fused-ring (bicyclic) bond motifs is 1. The predicted molar refractivity (Wildman–Crippen MR) is 133 cm³/mol. The number of aryl methyl sites for hydroxylation is 2. The molecule has 0 saturated carbocycles. The molecule has 1 aromatic heterocycles. The van der Waals surface area contributed by atoms with Crippen LogP contribution in [0.15, 0.2) is 30.3 Å². The van der Waals surface area contributed by atoms with Crippen molar-refractivity contribution in [3.05, 3.63) is 52.8 Å². The average Bonchev–Trinajstić information content (AvgIpc) is 3.23. The van der Waals surface area contributed by atoms with Crippen molar-refractivity contribution < 1.29 is 14.4 Å². The summed E-state index contributed by atoms with van der Waals surface area (Å²) in [5.74, 6) is -0.822. The van der Waals surface area contributed by atoms with Gasteiger partial charge in [0.1, 0.15) is 11.7 Å². The van der Waals surface area contributed by atoms with E-state index in [4.69, 9.17) is 0 Å². The van der Waals surface area contributed by atoms with E-state index < -0.39 is 11.9 Å². The number of amides is 3. The highest BCUT2D eigenvalue weighted by molar-refractivity contribution is 5.99. The number of likely N-dealkylation sites (tertiary alicyclic amines) is 1. The van der Waals surface area contributed by atoms with Crippen molar-refractivity contribution in [1.29, 1.82) is 0 Å². The first-order valence-corrected chi connectivity index (χ1v) is 12.6. The fourth-order valence-electron chi connectivity index (χ4n) is 4.62. The number of carbonyl (C=O) groups excluding carboxylic acids is 3. The molecule has 2 aromatic rings. The Morgan fingerprint density at radius 1 is 1.03 bits per heavy atom. The van der Waals surface area contributed by atoms with Crippen LogP contribution in [-0.4, -0.2) is 76.1 Å². The monoisotopic (exact) mass is 480 g/mol. The molecule has 0 spiro atoms. The number of carbonyl (C=O) groups is 3. The van der Waals surface area contributed by atoms with Gasteiger partial charge in [-0.05, 0) is 51.8 Å². The Morgan fingerprint density at radius 2 is 1.77 bits per heavy atom.